The van der Waals surface area contributed by atoms with Crippen molar-refractivity contribution in [1.29, 1.82) is 0 Å². The second kappa shape index (κ2) is 12.0. The molecule has 11 aromatic rings. The van der Waals surface area contributed by atoms with Crippen LogP contribution in [0.5, 0.6) is 0 Å². The standard InChI is InChI=1S/C56H37BN2O2S/c1-31-24-52(32-12-6-5-7-13-32)62-53-30-47-44(26-39(31)53)57-54-37(22-23-38-41-28-50-43(27-45(41)58(47)55(38)54)36-15-9-11-17-49(36)60-50)40-25-42-35-14-8-10-16-48(35)61-51(42)29-46(40)59(57)34-20-18-33(19-21-34)56(2,3)4/h5-30H,1H2,2-4H3. The molecule has 0 saturated carbocycles. The van der Waals surface area contributed by atoms with Gasteiger partial charge in [-0.2, -0.15) is 0 Å². The molecule has 3 aliphatic rings. The maximum atomic E-state index is 6.65. The van der Waals surface area contributed by atoms with Crippen molar-refractivity contribution in [3.8, 4) is 16.8 Å². The van der Waals surface area contributed by atoms with Gasteiger partial charge in [0.15, 0.2) is 0 Å². The molecule has 0 spiro atoms. The van der Waals surface area contributed by atoms with Gasteiger partial charge in [-0.3, -0.25) is 0 Å². The van der Waals surface area contributed by atoms with E-state index in [2.05, 4.69) is 182 Å². The molecule has 3 aliphatic heterocycles. The zero-order valence-corrected chi connectivity index (χ0v) is 35.2. The molecule has 292 valence electrons. The minimum atomic E-state index is -0.151. The maximum Gasteiger partial charge on any atom is 0.333 e. The molecular formula is C56H37BN2O2S. The first-order chi connectivity index (χ1) is 30.3. The van der Waals surface area contributed by atoms with Crippen LogP contribution in [0, 0.1) is 0 Å². The van der Waals surface area contributed by atoms with Crippen LogP contribution in [0.4, 0.5) is 11.4 Å². The van der Waals surface area contributed by atoms with E-state index in [-0.39, 0.29) is 12.3 Å². The van der Waals surface area contributed by atoms with Gasteiger partial charge in [-0.1, -0.05) is 136 Å². The minimum Gasteiger partial charge on any atom is -0.456 e. The van der Waals surface area contributed by atoms with Gasteiger partial charge >= 0.3 is 6.85 Å². The summed E-state index contributed by atoms with van der Waals surface area (Å²) in [6, 6.07) is 55.7. The van der Waals surface area contributed by atoms with Crippen molar-refractivity contribution in [2.45, 2.75) is 31.1 Å². The van der Waals surface area contributed by atoms with Crippen molar-refractivity contribution in [3.05, 3.63) is 181 Å². The summed E-state index contributed by atoms with van der Waals surface area (Å²) < 4.78 is 15.8. The van der Waals surface area contributed by atoms with Crippen molar-refractivity contribution >= 4 is 117 Å². The summed E-state index contributed by atoms with van der Waals surface area (Å²) in [7, 11) is 0. The van der Waals surface area contributed by atoms with Gasteiger partial charge in [0.05, 0.1) is 11.0 Å². The number of anilines is 2. The summed E-state index contributed by atoms with van der Waals surface area (Å²) in [4.78, 5) is 5.00. The second-order valence-corrected chi connectivity index (χ2v) is 19.2. The van der Waals surface area contributed by atoms with Crippen LogP contribution in [0.25, 0.3) is 93.0 Å². The van der Waals surface area contributed by atoms with Crippen LogP contribution >= 0.6 is 11.8 Å². The highest BCUT2D eigenvalue weighted by atomic mass is 32.2. The summed E-state index contributed by atoms with van der Waals surface area (Å²) in [5.41, 5.74) is 19.2. The molecule has 0 bridgehead atoms. The first kappa shape index (κ1) is 34.6. The van der Waals surface area contributed by atoms with Crippen LogP contribution < -0.4 is 15.7 Å². The molecule has 0 amide bonds. The van der Waals surface area contributed by atoms with Crippen molar-refractivity contribution in [2.24, 2.45) is 0 Å². The molecule has 4 nitrogen and oxygen atoms in total. The molecule has 8 aromatic carbocycles. The topological polar surface area (TPSA) is 34.5 Å². The van der Waals surface area contributed by atoms with Crippen LogP contribution in [0.15, 0.2) is 178 Å². The lowest BCUT2D eigenvalue weighted by Crippen LogP contribution is -2.60. The Labute approximate surface area is 362 Å². The third-order valence-electron chi connectivity index (χ3n) is 13.6. The number of hydrogen-bond acceptors (Lipinski definition) is 4. The van der Waals surface area contributed by atoms with Crippen molar-refractivity contribution in [1.82, 2.24) is 4.57 Å². The third-order valence-corrected chi connectivity index (χ3v) is 14.8. The number of nitrogens with zero attached hydrogens (tertiary/aromatic N) is 2. The lowest BCUT2D eigenvalue weighted by Gasteiger charge is -2.42. The molecular weight excluding hydrogens is 776 g/mol. The molecule has 6 heterocycles. The Morgan fingerprint density at radius 3 is 2.00 bits per heavy atom. The van der Waals surface area contributed by atoms with Crippen LogP contribution in [0.3, 0.4) is 0 Å². The number of aromatic nitrogens is 1. The average molecular weight is 813 g/mol. The first-order valence-electron chi connectivity index (χ1n) is 21.4. The van der Waals surface area contributed by atoms with E-state index in [0.717, 1.165) is 60.8 Å². The monoisotopic (exact) mass is 812 g/mol. The lowest BCUT2D eigenvalue weighted by molar-refractivity contribution is 0.590. The van der Waals surface area contributed by atoms with Gasteiger partial charge in [0.2, 0.25) is 0 Å². The normalized spacial score (nSPS) is 14.4. The predicted molar refractivity (Wildman–Crippen MR) is 262 cm³/mol. The Balaban J connectivity index is 1.12. The van der Waals surface area contributed by atoms with Crippen LogP contribution in [-0.2, 0) is 5.41 Å². The van der Waals surface area contributed by atoms with E-state index in [1.165, 1.54) is 76.0 Å². The third kappa shape index (κ3) is 4.60. The van der Waals surface area contributed by atoms with E-state index in [1.54, 1.807) is 0 Å². The summed E-state index contributed by atoms with van der Waals surface area (Å²) in [6.07, 6.45) is 2.26. The summed E-state index contributed by atoms with van der Waals surface area (Å²) >= 11 is 1.84. The largest absolute Gasteiger partial charge is 0.456 e. The molecule has 0 saturated heterocycles. The number of rotatable bonds is 2. The summed E-state index contributed by atoms with van der Waals surface area (Å²) in [5, 5.41) is 6.91. The van der Waals surface area contributed by atoms with Gasteiger partial charge < -0.3 is 18.2 Å². The predicted octanol–water partition coefficient (Wildman–Crippen LogP) is 14.3. The molecule has 0 fully saturated rings. The van der Waals surface area contributed by atoms with E-state index >= 15 is 0 Å². The number of benzene rings is 8. The Hall–Kier alpha value is -7.15. The highest BCUT2D eigenvalue weighted by molar-refractivity contribution is 8.08. The molecule has 0 unspecified atom stereocenters. The molecule has 0 atom stereocenters. The van der Waals surface area contributed by atoms with Crippen LogP contribution in [0.1, 0.15) is 37.5 Å². The van der Waals surface area contributed by atoms with E-state index in [1.807, 2.05) is 17.8 Å². The summed E-state index contributed by atoms with van der Waals surface area (Å²) in [5.74, 6) is 0. The molecule has 0 radical (unpaired) electrons. The van der Waals surface area contributed by atoms with Gasteiger partial charge in [0.1, 0.15) is 22.3 Å². The van der Waals surface area contributed by atoms with E-state index in [9.17, 15) is 0 Å². The van der Waals surface area contributed by atoms with Crippen LogP contribution in [-0.4, -0.2) is 11.4 Å². The Morgan fingerprint density at radius 1 is 0.565 bits per heavy atom. The molecule has 14 rings (SSSR count). The number of hydrogen-bond donors (Lipinski definition) is 0. The fourth-order valence-corrected chi connectivity index (χ4v) is 11.9. The van der Waals surface area contributed by atoms with Gasteiger partial charge in [0, 0.05) is 70.8 Å². The van der Waals surface area contributed by atoms with Gasteiger partial charge in [-0.05, 0) is 98.8 Å². The number of fused-ring (bicyclic) bond motifs is 15. The van der Waals surface area contributed by atoms with E-state index in [0.29, 0.717) is 0 Å². The van der Waals surface area contributed by atoms with Crippen molar-refractivity contribution in [3.63, 3.8) is 0 Å². The SMILES string of the molecule is C=C1C=C(c2ccccc2)Sc2cc3c(cc21)B1c2c(ccc4c5cc6oc7ccccc7c6cc5n-3c24)-c2cc3c(cc2N1c1ccc(C(C)(C)C)cc1)oc1ccccc13. The van der Waals surface area contributed by atoms with Gasteiger partial charge in [0.25, 0.3) is 0 Å². The van der Waals surface area contributed by atoms with Crippen LogP contribution in [0.2, 0.25) is 0 Å². The number of allylic oxidation sites excluding steroid dienone is 2. The van der Waals surface area contributed by atoms with Gasteiger partial charge in [-0.15, -0.1) is 0 Å². The Morgan fingerprint density at radius 2 is 1.26 bits per heavy atom. The Kier molecular flexibility index (Phi) is 6.70. The molecule has 6 heteroatoms. The lowest BCUT2D eigenvalue weighted by atomic mass is 9.43. The molecule has 0 N–H and O–H groups in total. The fraction of sp³-hybridized carbons (Fsp3) is 0.0714. The van der Waals surface area contributed by atoms with Crippen molar-refractivity contribution < 1.29 is 8.83 Å². The maximum absolute atomic E-state index is 6.65. The van der Waals surface area contributed by atoms with E-state index in [4.69, 9.17) is 15.4 Å². The summed E-state index contributed by atoms with van der Waals surface area (Å²) in [6.45, 7) is 11.4. The first-order valence-corrected chi connectivity index (χ1v) is 22.2. The number of para-hydroxylation sites is 2. The average Bonchev–Trinajstić information content (AvgIpc) is 3.95. The second-order valence-electron chi connectivity index (χ2n) is 18.2. The van der Waals surface area contributed by atoms with Gasteiger partial charge in [-0.25, -0.2) is 0 Å². The molecule has 62 heavy (non-hydrogen) atoms. The zero-order chi connectivity index (χ0) is 41.2. The smallest absolute Gasteiger partial charge is 0.333 e. The number of thioether (sulfide) groups is 1. The molecule has 3 aromatic heterocycles. The van der Waals surface area contributed by atoms with Crippen molar-refractivity contribution in [2.75, 3.05) is 4.81 Å². The fourth-order valence-electron chi connectivity index (χ4n) is 10.7. The highest BCUT2D eigenvalue weighted by Gasteiger charge is 2.45. The molecule has 0 aliphatic carbocycles. The Bertz CT molecular complexity index is 3840. The zero-order valence-electron chi connectivity index (χ0n) is 34.4. The van der Waals surface area contributed by atoms with E-state index < -0.39 is 0 Å². The highest BCUT2D eigenvalue weighted by Crippen LogP contribution is 2.51. The quantitative estimate of drug-likeness (QED) is 0.163. The minimum absolute atomic E-state index is 0.0175. The number of furan rings is 2.